The third-order valence-electron chi connectivity index (χ3n) is 4.24. The summed E-state index contributed by atoms with van der Waals surface area (Å²) in [7, 11) is 4.40. The molecular weight excluding hydrogens is 390 g/mol. The normalized spacial score (nSPS) is 16.4. The van der Waals surface area contributed by atoms with Crippen molar-refractivity contribution in [2.75, 3.05) is 21.3 Å². The summed E-state index contributed by atoms with van der Waals surface area (Å²) < 4.78 is 15.5. The maximum Gasteiger partial charge on any atom is 0.344 e. The lowest BCUT2D eigenvalue weighted by atomic mass is 10.1. The van der Waals surface area contributed by atoms with Crippen LogP contribution < -0.4 is 9.47 Å². The molecule has 3 rings (SSSR count). The van der Waals surface area contributed by atoms with Crippen LogP contribution in [0.5, 0.6) is 11.5 Å². The maximum atomic E-state index is 12.3. The van der Waals surface area contributed by atoms with Gasteiger partial charge in [0.05, 0.1) is 31.9 Å². The minimum absolute atomic E-state index is 0.0344. The fraction of sp³-hybridized carbons (Fsp3) is 0.182. The van der Waals surface area contributed by atoms with Crippen LogP contribution in [0.15, 0.2) is 63.7 Å². The number of aryl methyl sites for hydroxylation is 1. The van der Waals surface area contributed by atoms with Crippen LogP contribution in [0.3, 0.4) is 0 Å². The number of rotatable bonds is 5. The number of esters is 1. The Balaban J connectivity index is 2.09. The van der Waals surface area contributed by atoms with Gasteiger partial charge in [0, 0.05) is 5.56 Å². The molecule has 0 saturated heterocycles. The summed E-state index contributed by atoms with van der Waals surface area (Å²) in [5, 5.41) is 11.1. The fourth-order valence-electron chi connectivity index (χ4n) is 2.80. The van der Waals surface area contributed by atoms with Gasteiger partial charge in [-0.3, -0.25) is 0 Å². The third-order valence-corrected chi connectivity index (χ3v) is 5.26. The van der Waals surface area contributed by atoms with E-state index < -0.39 is 5.97 Å². The Kier molecular flexibility index (Phi) is 6.29. The van der Waals surface area contributed by atoms with Crippen LogP contribution in [0.1, 0.15) is 11.1 Å². The second kappa shape index (κ2) is 8.87. The van der Waals surface area contributed by atoms with Crippen molar-refractivity contribution in [3.05, 3.63) is 69.8 Å². The first kappa shape index (κ1) is 20.5. The van der Waals surface area contributed by atoms with Gasteiger partial charge in [-0.1, -0.05) is 23.9 Å². The minimum atomic E-state index is -0.651. The monoisotopic (exact) mass is 411 g/mol. The topological polar surface area (TPSA) is 77.4 Å². The number of carbonyl (C=O) groups excluding carboxylic acids is 1. The van der Waals surface area contributed by atoms with E-state index in [1.807, 2.05) is 31.2 Å². The fourth-order valence-corrected chi connectivity index (χ4v) is 3.82. The van der Waals surface area contributed by atoms with Crippen LogP contribution in [0, 0.1) is 6.92 Å². The number of carbonyl (C=O) groups is 1. The van der Waals surface area contributed by atoms with Crippen LogP contribution in [0.4, 0.5) is 5.69 Å². The Hall–Kier alpha value is -3.19. The molecule has 6 nitrogen and oxygen atoms in total. The molecule has 1 aliphatic heterocycles. The summed E-state index contributed by atoms with van der Waals surface area (Å²) in [6, 6.07) is 12.9. The molecule has 2 aromatic carbocycles. The molecule has 0 unspecified atom stereocenters. The van der Waals surface area contributed by atoms with E-state index in [2.05, 4.69) is 4.99 Å². The summed E-state index contributed by atoms with van der Waals surface area (Å²) in [5.41, 5.74) is 2.45. The predicted octanol–water partition coefficient (Wildman–Crippen LogP) is 4.82. The number of aliphatic hydroxyl groups excluding tert-OH is 1. The van der Waals surface area contributed by atoms with Gasteiger partial charge < -0.3 is 19.3 Å². The van der Waals surface area contributed by atoms with Crippen LogP contribution in [0.25, 0.3) is 6.08 Å². The highest BCUT2D eigenvalue weighted by Gasteiger charge is 2.33. The van der Waals surface area contributed by atoms with E-state index in [1.54, 1.807) is 38.5 Å². The molecule has 0 spiro atoms. The van der Waals surface area contributed by atoms with Gasteiger partial charge in [0.1, 0.15) is 27.9 Å². The molecule has 7 heteroatoms. The third kappa shape index (κ3) is 4.46. The Morgan fingerprint density at radius 2 is 1.90 bits per heavy atom. The van der Waals surface area contributed by atoms with Crippen LogP contribution in [-0.4, -0.2) is 37.4 Å². The molecule has 0 atom stereocenters. The Bertz CT molecular complexity index is 1040. The van der Waals surface area contributed by atoms with Gasteiger partial charge in [-0.25, -0.2) is 9.79 Å². The average Bonchev–Trinajstić information content (AvgIpc) is 3.02. The first-order valence-electron chi connectivity index (χ1n) is 8.76. The van der Waals surface area contributed by atoms with Gasteiger partial charge in [0.15, 0.2) is 0 Å². The summed E-state index contributed by atoms with van der Waals surface area (Å²) in [6.45, 7) is 1.96. The van der Waals surface area contributed by atoms with Gasteiger partial charge in [-0.15, -0.1) is 0 Å². The highest BCUT2D eigenvalue weighted by Crippen LogP contribution is 2.41. The van der Waals surface area contributed by atoms with Crippen molar-refractivity contribution in [1.82, 2.24) is 0 Å². The lowest BCUT2D eigenvalue weighted by molar-refractivity contribution is -0.135. The summed E-state index contributed by atoms with van der Waals surface area (Å²) >= 11 is 1.19. The van der Waals surface area contributed by atoms with Gasteiger partial charge in [0.25, 0.3) is 0 Å². The number of benzene rings is 2. The SMILES string of the molecule is COC(=O)C1=C(O)/C(=C\c2cc(OC)ccc2OC)SC1=Nc1cccc(C)c1. The van der Waals surface area contributed by atoms with Gasteiger partial charge in [-0.05, 0) is 48.9 Å². The lowest BCUT2D eigenvalue weighted by Crippen LogP contribution is -2.10. The molecule has 1 heterocycles. The molecule has 1 aliphatic rings. The highest BCUT2D eigenvalue weighted by atomic mass is 32.2. The Morgan fingerprint density at radius 3 is 2.55 bits per heavy atom. The van der Waals surface area contributed by atoms with Gasteiger partial charge >= 0.3 is 5.97 Å². The van der Waals surface area contributed by atoms with Crippen molar-refractivity contribution in [2.24, 2.45) is 4.99 Å². The van der Waals surface area contributed by atoms with Crippen molar-refractivity contribution >= 4 is 34.5 Å². The quantitative estimate of drug-likeness (QED) is 0.711. The first-order valence-corrected chi connectivity index (χ1v) is 9.57. The van der Waals surface area contributed by atoms with Crippen LogP contribution in [0.2, 0.25) is 0 Å². The molecule has 2 aromatic rings. The Morgan fingerprint density at radius 1 is 1.10 bits per heavy atom. The maximum absolute atomic E-state index is 12.3. The summed E-state index contributed by atoms with van der Waals surface area (Å²) in [4.78, 5) is 17.3. The number of nitrogens with zero attached hydrogens (tertiary/aromatic N) is 1. The molecule has 1 N–H and O–H groups in total. The molecular formula is C22H21NO5S. The number of hydrogen-bond acceptors (Lipinski definition) is 7. The van der Waals surface area contributed by atoms with Crippen molar-refractivity contribution in [1.29, 1.82) is 0 Å². The zero-order valence-electron chi connectivity index (χ0n) is 16.6. The van der Waals surface area contributed by atoms with Crippen molar-refractivity contribution < 1.29 is 24.1 Å². The zero-order chi connectivity index (χ0) is 21.0. The second-order valence-corrected chi connectivity index (χ2v) is 7.22. The van der Waals surface area contributed by atoms with E-state index in [-0.39, 0.29) is 11.3 Å². The number of aliphatic hydroxyl groups is 1. The summed E-state index contributed by atoms with van der Waals surface area (Å²) in [5.74, 6) is 0.418. The number of hydrogen-bond donors (Lipinski definition) is 1. The minimum Gasteiger partial charge on any atom is -0.506 e. The standard InChI is InChI=1S/C22H21NO5S/c1-13-6-5-7-15(10-13)23-21-19(22(25)28-4)20(24)18(29-21)12-14-11-16(26-2)8-9-17(14)27-3/h5-12,24H,1-4H3/b18-12+,23-21?. The van der Waals surface area contributed by atoms with E-state index in [0.717, 1.165) is 5.56 Å². The van der Waals surface area contributed by atoms with Crippen LogP contribution >= 0.6 is 11.8 Å². The van der Waals surface area contributed by atoms with E-state index in [1.165, 1.54) is 18.9 Å². The molecule has 0 saturated carbocycles. The van der Waals surface area contributed by atoms with Gasteiger partial charge in [-0.2, -0.15) is 0 Å². The van der Waals surface area contributed by atoms with E-state index >= 15 is 0 Å². The molecule has 29 heavy (non-hydrogen) atoms. The lowest BCUT2D eigenvalue weighted by Gasteiger charge is -2.08. The van der Waals surface area contributed by atoms with Crippen LogP contribution in [-0.2, 0) is 9.53 Å². The smallest absolute Gasteiger partial charge is 0.344 e. The number of ether oxygens (including phenoxy) is 3. The number of thioether (sulfide) groups is 1. The molecule has 0 fully saturated rings. The van der Waals surface area contributed by atoms with E-state index in [4.69, 9.17) is 14.2 Å². The highest BCUT2D eigenvalue weighted by molar-refractivity contribution is 8.18. The number of aliphatic imine (C=N–C) groups is 1. The second-order valence-electron chi connectivity index (χ2n) is 6.19. The van der Waals surface area contributed by atoms with Crippen molar-refractivity contribution in [3.8, 4) is 11.5 Å². The predicted molar refractivity (Wildman–Crippen MR) is 115 cm³/mol. The largest absolute Gasteiger partial charge is 0.506 e. The molecule has 0 amide bonds. The van der Waals surface area contributed by atoms with Crippen molar-refractivity contribution in [3.63, 3.8) is 0 Å². The first-order chi connectivity index (χ1) is 14.0. The molecule has 0 bridgehead atoms. The average molecular weight is 411 g/mol. The molecule has 0 aliphatic carbocycles. The zero-order valence-corrected chi connectivity index (χ0v) is 17.4. The molecule has 0 radical (unpaired) electrons. The number of methoxy groups -OCH3 is 3. The van der Waals surface area contributed by atoms with Gasteiger partial charge in [0.2, 0.25) is 0 Å². The summed E-state index contributed by atoms with van der Waals surface area (Å²) in [6.07, 6.45) is 1.73. The van der Waals surface area contributed by atoms with E-state index in [0.29, 0.717) is 32.7 Å². The Labute approximate surface area is 173 Å². The van der Waals surface area contributed by atoms with E-state index in [9.17, 15) is 9.90 Å². The van der Waals surface area contributed by atoms with Crippen molar-refractivity contribution in [2.45, 2.75) is 6.92 Å². The molecule has 0 aromatic heterocycles. The molecule has 150 valence electrons.